The highest BCUT2D eigenvalue weighted by Crippen LogP contribution is 2.30. The molecule has 2 aromatic carbocycles. The van der Waals surface area contributed by atoms with Gasteiger partial charge in [0.1, 0.15) is 5.69 Å². The molecule has 4 heterocycles. The van der Waals surface area contributed by atoms with Crippen molar-refractivity contribution < 1.29 is 0 Å². The molecule has 6 aromatic rings. The molecule has 0 spiro atoms. The van der Waals surface area contributed by atoms with Crippen LogP contribution in [-0.2, 0) is 13.1 Å². The van der Waals surface area contributed by atoms with Gasteiger partial charge in [0, 0.05) is 36.4 Å². The minimum absolute atomic E-state index is 0.765. The molecular weight excluding hydrogens is 408 g/mol. The van der Waals surface area contributed by atoms with E-state index in [4.69, 9.17) is 0 Å². The van der Waals surface area contributed by atoms with Crippen LogP contribution in [-0.4, -0.2) is 25.1 Å². The molecule has 0 unspecified atom stereocenters. The summed E-state index contributed by atoms with van der Waals surface area (Å²) in [6, 6.07) is 27.1. The number of aromatic amines is 2. The van der Waals surface area contributed by atoms with Crippen molar-refractivity contribution in [2.45, 2.75) is 13.1 Å². The van der Waals surface area contributed by atoms with Crippen LogP contribution in [0.15, 0.2) is 91.3 Å². The third kappa shape index (κ3) is 3.88. The van der Waals surface area contributed by atoms with Crippen molar-refractivity contribution in [2.24, 2.45) is 0 Å². The molecule has 6 nitrogen and oxygen atoms in total. The van der Waals surface area contributed by atoms with Gasteiger partial charge in [-0.3, -0.25) is 10.1 Å². The summed E-state index contributed by atoms with van der Waals surface area (Å²) in [5, 5.41) is 12.1. The van der Waals surface area contributed by atoms with Gasteiger partial charge in [-0.15, -0.1) is 0 Å². The van der Waals surface area contributed by atoms with Gasteiger partial charge in [-0.05, 0) is 47.0 Å². The summed E-state index contributed by atoms with van der Waals surface area (Å²) in [5.74, 6) is 0. The third-order valence-electron chi connectivity index (χ3n) is 5.82. The molecule has 0 aliphatic heterocycles. The number of rotatable bonds is 6. The number of H-pyrrole nitrogens is 2. The zero-order valence-electron chi connectivity index (χ0n) is 17.9. The number of nitrogens with zero attached hydrogens (tertiary/aromatic N) is 3. The van der Waals surface area contributed by atoms with Crippen LogP contribution in [0.1, 0.15) is 11.1 Å². The Balaban J connectivity index is 1.28. The Morgan fingerprint density at radius 1 is 0.758 bits per heavy atom. The highest BCUT2D eigenvalue weighted by atomic mass is 15.2. The first kappa shape index (κ1) is 19.4. The molecule has 4 aromatic heterocycles. The molecule has 0 saturated heterocycles. The summed E-state index contributed by atoms with van der Waals surface area (Å²) in [7, 11) is 0. The number of fused-ring (bicyclic) bond motifs is 2. The SMILES string of the molecule is c1ccc(CNCc2cccc(-c3cnc4[nH]nc(-c5cc6ncccc6[nH]5)c4c3)c2)cc1. The molecular formula is C27H22N6. The third-order valence-corrected chi connectivity index (χ3v) is 5.82. The van der Waals surface area contributed by atoms with Crippen molar-refractivity contribution in [3.63, 3.8) is 0 Å². The summed E-state index contributed by atoms with van der Waals surface area (Å²) in [6.45, 7) is 1.65. The molecule has 6 heteroatoms. The lowest BCUT2D eigenvalue weighted by atomic mass is 10.0. The van der Waals surface area contributed by atoms with E-state index in [0.717, 1.165) is 57.7 Å². The van der Waals surface area contributed by atoms with Crippen LogP contribution in [0, 0.1) is 0 Å². The topological polar surface area (TPSA) is 82.3 Å². The second kappa shape index (κ2) is 8.33. The van der Waals surface area contributed by atoms with Crippen LogP contribution in [0.2, 0.25) is 0 Å². The van der Waals surface area contributed by atoms with Crippen molar-refractivity contribution in [3.05, 3.63) is 102 Å². The second-order valence-electron chi connectivity index (χ2n) is 8.10. The molecule has 0 atom stereocenters. The van der Waals surface area contributed by atoms with E-state index in [1.165, 1.54) is 11.1 Å². The van der Waals surface area contributed by atoms with E-state index in [-0.39, 0.29) is 0 Å². The maximum atomic E-state index is 4.63. The number of nitrogens with one attached hydrogen (secondary N) is 3. The van der Waals surface area contributed by atoms with Gasteiger partial charge < -0.3 is 10.3 Å². The number of hydrogen-bond donors (Lipinski definition) is 3. The standard InChI is InChI=1S/C27H22N6/c1-2-6-18(7-3-1)15-28-16-19-8-4-9-20(12-19)21-13-22-26(32-33-27(22)30-17-21)25-14-24-23(31-25)10-5-11-29-24/h1-14,17,28,31H,15-16H2,(H,30,32,33). The zero-order valence-corrected chi connectivity index (χ0v) is 17.9. The maximum absolute atomic E-state index is 4.63. The minimum Gasteiger partial charge on any atom is -0.352 e. The Labute approximate surface area is 190 Å². The normalized spacial score (nSPS) is 11.4. The molecule has 33 heavy (non-hydrogen) atoms. The summed E-state index contributed by atoms with van der Waals surface area (Å²) in [5.41, 5.74) is 9.15. The average molecular weight is 431 g/mol. The van der Waals surface area contributed by atoms with Gasteiger partial charge in [0.15, 0.2) is 5.65 Å². The maximum Gasteiger partial charge on any atom is 0.155 e. The largest absolute Gasteiger partial charge is 0.352 e. The highest BCUT2D eigenvalue weighted by molar-refractivity contribution is 5.95. The van der Waals surface area contributed by atoms with Crippen LogP contribution in [0.3, 0.4) is 0 Å². The smallest absolute Gasteiger partial charge is 0.155 e. The van der Waals surface area contributed by atoms with Crippen LogP contribution < -0.4 is 5.32 Å². The highest BCUT2D eigenvalue weighted by Gasteiger charge is 2.13. The number of hydrogen-bond acceptors (Lipinski definition) is 4. The fraction of sp³-hybridized carbons (Fsp3) is 0.0741. The first-order valence-corrected chi connectivity index (χ1v) is 11.0. The predicted molar refractivity (Wildman–Crippen MR) is 131 cm³/mol. The molecule has 0 bridgehead atoms. The summed E-state index contributed by atoms with van der Waals surface area (Å²) in [6.07, 6.45) is 3.69. The molecule has 0 amide bonds. The molecule has 0 radical (unpaired) electrons. The average Bonchev–Trinajstić information content (AvgIpc) is 3.48. The van der Waals surface area contributed by atoms with Crippen molar-refractivity contribution in [2.75, 3.05) is 0 Å². The first-order chi connectivity index (χ1) is 16.3. The molecule has 160 valence electrons. The Hall–Kier alpha value is -4.29. The summed E-state index contributed by atoms with van der Waals surface area (Å²) in [4.78, 5) is 12.5. The van der Waals surface area contributed by atoms with Gasteiger partial charge in [-0.1, -0.05) is 48.5 Å². The molecule has 3 N–H and O–H groups in total. The van der Waals surface area contributed by atoms with E-state index >= 15 is 0 Å². The van der Waals surface area contributed by atoms with Gasteiger partial charge in [-0.2, -0.15) is 5.10 Å². The lowest BCUT2D eigenvalue weighted by Crippen LogP contribution is -2.12. The molecule has 0 aliphatic rings. The predicted octanol–water partition coefficient (Wildman–Crippen LogP) is 5.46. The van der Waals surface area contributed by atoms with E-state index in [1.54, 1.807) is 6.20 Å². The van der Waals surface area contributed by atoms with Gasteiger partial charge in [0.25, 0.3) is 0 Å². The van der Waals surface area contributed by atoms with E-state index in [2.05, 4.69) is 85.1 Å². The van der Waals surface area contributed by atoms with E-state index in [1.807, 2.05) is 30.5 Å². The van der Waals surface area contributed by atoms with Gasteiger partial charge >= 0.3 is 0 Å². The Morgan fingerprint density at radius 2 is 1.64 bits per heavy atom. The fourth-order valence-electron chi connectivity index (χ4n) is 4.16. The number of aromatic nitrogens is 5. The van der Waals surface area contributed by atoms with E-state index in [9.17, 15) is 0 Å². The van der Waals surface area contributed by atoms with Crippen molar-refractivity contribution in [3.8, 4) is 22.5 Å². The zero-order chi connectivity index (χ0) is 22.0. The minimum atomic E-state index is 0.765. The molecule has 0 fully saturated rings. The number of benzene rings is 2. The Morgan fingerprint density at radius 3 is 2.55 bits per heavy atom. The van der Waals surface area contributed by atoms with Gasteiger partial charge in [-0.25, -0.2) is 4.98 Å². The van der Waals surface area contributed by atoms with Gasteiger partial charge in [0.2, 0.25) is 0 Å². The van der Waals surface area contributed by atoms with Crippen LogP contribution in [0.25, 0.3) is 44.6 Å². The monoisotopic (exact) mass is 430 g/mol. The fourth-order valence-corrected chi connectivity index (χ4v) is 4.16. The van der Waals surface area contributed by atoms with Crippen LogP contribution >= 0.6 is 0 Å². The van der Waals surface area contributed by atoms with Crippen LogP contribution in [0.4, 0.5) is 0 Å². The Bertz CT molecular complexity index is 1510. The lowest BCUT2D eigenvalue weighted by molar-refractivity contribution is 0.693. The lowest BCUT2D eigenvalue weighted by Gasteiger charge is -2.08. The van der Waals surface area contributed by atoms with Crippen molar-refractivity contribution in [1.29, 1.82) is 0 Å². The van der Waals surface area contributed by atoms with Gasteiger partial charge in [0.05, 0.1) is 16.7 Å². The first-order valence-electron chi connectivity index (χ1n) is 11.0. The van der Waals surface area contributed by atoms with E-state index in [0.29, 0.717) is 0 Å². The molecule has 0 aliphatic carbocycles. The quantitative estimate of drug-likeness (QED) is 0.328. The molecule has 0 saturated carbocycles. The summed E-state index contributed by atoms with van der Waals surface area (Å²) < 4.78 is 0. The van der Waals surface area contributed by atoms with Crippen LogP contribution in [0.5, 0.6) is 0 Å². The Kier molecular flexibility index (Phi) is 4.90. The second-order valence-corrected chi connectivity index (χ2v) is 8.10. The number of pyridine rings is 2. The van der Waals surface area contributed by atoms with E-state index < -0.39 is 0 Å². The van der Waals surface area contributed by atoms with Crippen molar-refractivity contribution in [1.82, 2.24) is 30.5 Å². The van der Waals surface area contributed by atoms with Crippen molar-refractivity contribution >= 4 is 22.1 Å². The molecule has 6 rings (SSSR count). The summed E-state index contributed by atoms with van der Waals surface area (Å²) >= 11 is 0.